The van der Waals surface area contributed by atoms with Gasteiger partial charge in [0.1, 0.15) is 29.3 Å². The maximum atomic E-state index is 13.9. The molecule has 0 radical (unpaired) electrons. The maximum absolute atomic E-state index is 13.9. The molecule has 1 heterocycles. The Kier molecular flexibility index (Phi) is 4.01. The number of aromatic nitrogens is 2. The van der Waals surface area contributed by atoms with Crippen LogP contribution in [0, 0.1) is 17.5 Å². The van der Waals surface area contributed by atoms with E-state index in [1.807, 2.05) is 0 Å². The van der Waals surface area contributed by atoms with Gasteiger partial charge in [-0.2, -0.15) is 0 Å². The van der Waals surface area contributed by atoms with E-state index in [-0.39, 0.29) is 16.7 Å². The molecule has 0 spiro atoms. The lowest BCUT2D eigenvalue weighted by Crippen LogP contribution is -2.08. The van der Waals surface area contributed by atoms with Gasteiger partial charge in [0.25, 0.3) is 0 Å². The molecule has 1 aromatic heterocycles. The summed E-state index contributed by atoms with van der Waals surface area (Å²) in [6.45, 7) is 0.326. The summed E-state index contributed by atoms with van der Waals surface area (Å²) in [5.41, 5.74) is 0.552. The van der Waals surface area contributed by atoms with Crippen molar-refractivity contribution < 1.29 is 18.3 Å². The molecule has 2 aromatic carbocycles. The first kappa shape index (κ1) is 15.1. The predicted octanol–water partition coefficient (Wildman–Crippen LogP) is 3.41. The van der Waals surface area contributed by atoms with Gasteiger partial charge < -0.3 is 10.4 Å². The normalized spacial score (nSPS) is 10.9. The monoisotopic (exact) mass is 319 g/mol. The Morgan fingerprint density at radius 3 is 2.52 bits per heavy atom. The van der Waals surface area contributed by atoms with E-state index in [2.05, 4.69) is 15.3 Å². The minimum atomic E-state index is -0.705. The van der Waals surface area contributed by atoms with E-state index >= 15 is 0 Å². The van der Waals surface area contributed by atoms with E-state index in [4.69, 9.17) is 5.11 Å². The number of nitrogens with one attached hydrogen (secondary N) is 1. The molecule has 4 nitrogen and oxygen atoms in total. The lowest BCUT2D eigenvalue weighted by Gasteiger charge is -2.09. The number of hydrogen-bond donors (Lipinski definition) is 2. The standard InChI is InChI=1S/C16H12F3N3O/c17-10-2-3-11(18)15-14(10)16(22-8-21-15)20-6-5-9-1-4-13(23)12(19)7-9/h1-4,7-8,23H,5-6H2,(H,20,21,22). The van der Waals surface area contributed by atoms with Gasteiger partial charge in [-0.15, -0.1) is 0 Å². The number of nitrogens with zero attached hydrogens (tertiary/aromatic N) is 2. The van der Waals surface area contributed by atoms with Crippen molar-refractivity contribution in [2.75, 3.05) is 11.9 Å². The van der Waals surface area contributed by atoms with Gasteiger partial charge in [0, 0.05) is 6.54 Å². The molecule has 0 unspecified atom stereocenters. The Balaban J connectivity index is 1.79. The molecular weight excluding hydrogens is 307 g/mol. The molecule has 7 heteroatoms. The van der Waals surface area contributed by atoms with Crippen molar-refractivity contribution in [2.45, 2.75) is 6.42 Å². The Morgan fingerprint density at radius 1 is 0.957 bits per heavy atom. The first-order valence-electron chi connectivity index (χ1n) is 6.86. The highest BCUT2D eigenvalue weighted by Gasteiger charge is 2.12. The van der Waals surface area contributed by atoms with Crippen LogP contribution >= 0.6 is 0 Å². The van der Waals surface area contributed by atoms with Crippen molar-refractivity contribution in [3.63, 3.8) is 0 Å². The van der Waals surface area contributed by atoms with E-state index in [1.165, 1.54) is 12.1 Å². The highest BCUT2D eigenvalue weighted by atomic mass is 19.1. The van der Waals surface area contributed by atoms with Gasteiger partial charge in [0.05, 0.1) is 5.39 Å². The van der Waals surface area contributed by atoms with Gasteiger partial charge in [-0.25, -0.2) is 23.1 Å². The predicted molar refractivity (Wildman–Crippen MR) is 79.7 cm³/mol. The SMILES string of the molecule is Oc1ccc(CCNc2ncnc3c(F)ccc(F)c23)cc1F. The van der Waals surface area contributed by atoms with Crippen LogP contribution in [-0.4, -0.2) is 21.6 Å². The van der Waals surface area contributed by atoms with Crippen LogP contribution in [0.3, 0.4) is 0 Å². The molecule has 3 rings (SSSR count). The van der Waals surface area contributed by atoms with Crippen molar-refractivity contribution in [1.82, 2.24) is 9.97 Å². The van der Waals surface area contributed by atoms with Crippen molar-refractivity contribution >= 4 is 16.7 Å². The van der Waals surface area contributed by atoms with E-state index in [0.29, 0.717) is 18.5 Å². The van der Waals surface area contributed by atoms with E-state index in [9.17, 15) is 13.2 Å². The van der Waals surface area contributed by atoms with Crippen molar-refractivity contribution in [3.8, 4) is 5.75 Å². The largest absolute Gasteiger partial charge is 0.505 e. The van der Waals surface area contributed by atoms with Crippen LogP contribution in [0.2, 0.25) is 0 Å². The highest BCUT2D eigenvalue weighted by molar-refractivity contribution is 5.89. The molecule has 0 aliphatic heterocycles. The molecule has 0 saturated carbocycles. The summed E-state index contributed by atoms with van der Waals surface area (Å²) in [6.07, 6.45) is 1.56. The van der Waals surface area contributed by atoms with Gasteiger partial charge in [0.15, 0.2) is 11.6 Å². The van der Waals surface area contributed by atoms with E-state index in [1.54, 1.807) is 6.07 Å². The zero-order valence-electron chi connectivity index (χ0n) is 11.9. The summed E-state index contributed by atoms with van der Waals surface area (Å²) in [4.78, 5) is 7.68. The summed E-state index contributed by atoms with van der Waals surface area (Å²) in [5.74, 6) is -2.21. The quantitative estimate of drug-likeness (QED) is 0.774. The number of phenolic OH excluding ortho intramolecular Hbond substituents is 1. The van der Waals surface area contributed by atoms with Crippen LogP contribution in [0.5, 0.6) is 5.75 Å². The average Bonchev–Trinajstić information content (AvgIpc) is 2.54. The fourth-order valence-electron chi connectivity index (χ4n) is 2.27. The highest BCUT2D eigenvalue weighted by Crippen LogP contribution is 2.24. The fourth-order valence-corrected chi connectivity index (χ4v) is 2.27. The van der Waals surface area contributed by atoms with E-state index < -0.39 is 23.2 Å². The number of aromatic hydroxyl groups is 1. The van der Waals surface area contributed by atoms with Crippen LogP contribution in [0.15, 0.2) is 36.7 Å². The average molecular weight is 319 g/mol. The molecule has 0 aliphatic rings. The van der Waals surface area contributed by atoms with Gasteiger partial charge in [-0.05, 0) is 36.2 Å². The van der Waals surface area contributed by atoms with Crippen LogP contribution in [0.25, 0.3) is 10.9 Å². The zero-order chi connectivity index (χ0) is 16.4. The van der Waals surface area contributed by atoms with Crippen molar-refractivity contribution in [3.05, 3.63) is 59.7 Å². The summed E-state index contributed by atoms with van der Waals surface area (Å²) in [6, 6.07) is 6.09. The molecule has 118 valence electrons. The summed E-state index contributed by atoms with van der Waals surface area (Å²) < 4.78 is 40.8. The van der Waals surface area contributed by atoms with Crippen LogP contribution in [-0.2, 0) is 6.42 Å². The second-order valence-corrected chi connectivity index (χ2v) is 4.94. The van der Waals surface area contributed by atoms with Crippen LogP contribution < -0.4 is 5.32 Å². The van der Waals surface area contributed by atoms with Gasteiger partial charge in [0.2, 0.25) is 0 Å². The third kappa shape index (κ3) is 3.03. The molecule has 2 N–H and O–H groups in total. The number of phenols is 1. The first-order chi connectivity index (χ1) is 11.1. The minimum Gasteiger partial charge on any atom is -0.505 e. The van der Waals surface area contributed by atoms with Crippen LogP contribution in [0.4, 0.5) is 19.0 Å². The summed E-state index contributed by atoms with van der Waals surface area (Å²) in [7, 11) is 0. The second kappa shape index (κ2) is 6.12. The van der Waals surface area contributed by atoms with Gasteiger partial charge in [-0.3, -0.25) is 0 Å². The molecule has 0 atom stereocenters. The topological polar surface area (TPSA) is 58.0 Å². The number of fused-ring (bicyclic) bond motifs is 1. The van der Waals surface area contributed by atoms with Gasteiger partial charge >= 0.3 is 0 Å². The molecular formula is C16H12F3N3O. The third-order valence-electron chi connectivity index (χ3n) is 3.41. The van der Waals surface area contributed by atoms with Crippen LogP contribution in [0.1, 0.15) is 5.56 Å². The number of anilines is 1. The molecule has 0 saturated heterocycles. The lowest BCUT2D eigenvalue weighted by molar-refractivity contribution is 0.432. The molecule has 0 aliphatic carbocycles. The zero-order valence-corrected chi connectivity index (χ0v) is 11.9. The van der Waals surface area contributed by atoms with Gasteiger partial charge in [-0.1, -0.05) is 6.07 Å². The lowest BCUT2D eigenvalue weighted by atomic mass is 10.1. The number of halogens is 3. The molecule has 0 amide bonds. The van der Waals surface area contributed by atoms with Crippen molar-refractivity contribution in [2.24, 2.45) is 0 Å². The Morgan fingerprint density at radius 2 is 1.74 bits per heavy atom. The number of hydrogen-bond acceptors (Lipinski definition) is 4. The maximum Gasteiger partial charge on any atom is 0.165 e. The molecule has 23 heavy (non-hydrogen) atoms. The number of benzene rings is 2. The van der Waals surface area contributed by atoms with E-state index in [0.717, 1.165) is 18.5 Å². The summed E-state index contributed by atoms with van der Waals surface area (Å²) >= 11 is 0. The van der Waals surface area contributed by atoms with Crippen molar-refractivity contribution in [1.29, 1.82) is 0 Å². The fraction of sp³-hybridized carbons (Fsp3) is 0.125. The second-order valence-electron chi connectivity index (χ2n) is 4.94. The molecule has 0 bridgehead atoms. The Bertz CT molecular complexity index is 871. The smallest absolute Gasteiger partial charge is 0.165 e. The Hall–Kier alpha value is -2.83. The minimum absolute atomic E-state index is 0.0237. The molecule has 0 fully saturated rings. The third-order valence-corrected chi connectivity index (χ3v) is 3.41. The number of rotatable bonds is 4. The molecule has 3 aromatic rings. The summed E-state index contributed by atoms with van der Waals surface area (Å²) in [5, 5.41) is 12.0. The Labute approximate surface area is 129 Å². The first-order valence-corrected chi connectivity index (χ1v) is 6.86.